The summed E-state index contributed by atoms with van der Waals surface area (Å²) in [6.45, 7) is 2.32. The second-order valence-corrected chi connectivity index (χ2v) is 6.03. The van der Waals surface area contributed by atoms with Gasteiger partial charge in [0.05, 0.1) is 12.2 Å². The van der Waals surface area contributed by atoms with Crippen molar-refractivity contribution < 1.29 is 18.7 Å². The molecule has 0 aliphatic heterocycles. The Morgan fingerprint density at radius 2 is 1.65 bits per heavy atom. The molecule has 0 aliphatic rings. The second kappa shape index (κ2) is 7.93. The quantitative estimate of drug-likeness (QED) is 0.471. The summed E-state index contributed by atoms with van der Waals surface area (Å²) < 4.78 is 24.7. The highest BCUT2D eigenvalue weighted by atomic mass is 19.1. The number of carbonyl (C=O) groups is 1. The minimum Gasteiger partial charge on any atom is -0.423 e. The third-order valence-corrected chi connectivity index (χ3v) is 4.01. The second-order valence-electron chi connectivity index (χ2n) is 6.03. The number of aryl methyl sites for hydroxylation is 1. The number of rotatable bonds is 5. The Bertz CT molecular complexity index is 900. The molecule has 132 valence electrons. The molecule has 0 saturated heterocycles. The summed E-state index contributed by atoms with van der Waals surface area (Å²) >= 11 is 0. The van der Waals surface area contributed by atoms with E-state index in [1.54, 1.807) is 49.6 Å². The van der Waals surface area contributed by atoms with Gasteiger partial charge in [-0.15, -0.1) is 0 Å². The lowest BCUT2D eigenvalue weighted by Gasteiger charge is -2.08. The Kier molecular flexibility index (Phi) is 5.44. The summed E-state index contributed by atoms with van der Waals surface area (Å²) in [4.78, 5) is 12.1. The fourth-order valence-electron chi connectivity index (χ4n) is 2.61. The fourth-order valence-corrected chi connectivity index (χ4v) is 2.61. The minimum absolute atomic E-state index is 0.316. The number of methoxy groups -OCH3 is 1. The van der Waals surface area contributed by atoms with E-state index in [0.29, 0.717) is 29.0 Å². The topological polar surface area (TPSA) is 35.5 Å². The first kappa shape index (κ1) is 17.8. The molecule has 0 saturated carbocycles. The van der Waals surface area contributed by atoms with Crippen molar-refractivity contribution in [2.45, 2.75) is 13.5 Å². The van der Waals surface area contributed by atoms with Gasteiger partial charge < -0.3 is 9.47 Å². The number of carbonyl (C=O) groups excluding carboxylic acids is 1. The minimum atomic E-state index is -0.423. The van der Waals surface area contributed by atoms with E-state index in [9.17, 15) is 9.18 Å². The highest BCUT2D eigenvalue weighted by Gasteiger charge is 2.10. The van der Waals surface area contributed by atoms with Gasteiger partial charge in [-0.3, -0.25) is 0 Å². The molecule has 4 heteroatoms. The molecular weight excluding hydrogens is 331 g/mol. The summed E-state index contributed by atoms with van der Waals surface area (Å²) in [5.74, 6) is -0.326. The number of hydrogen-bond acceptors (Lipinski definition) is 3. The van der Waals surface area contributed by atoms with Gasteiger partial charge in [0.1, 0.15) is 11.6 Å². The molecule has 0 spiro atoms. The number of halogens is 1. The lowest BCUT2D eigenvalue weighted by molar-refractivity contribution is 0.0735. The number of benzene rings is 3. The molecule has 0 aliphatic carbocycles. The Hall–Kier alpha value is -2.98. The van der Waals surface area contributed by atoms with Gasteiger partial charge in [-0.05, 0) is 48.4 Å². The van der Waals surface area contributed by atoms with Crippen LogP contribution in [-0.4, -0.2) is 13.1 Å². The maximum atomic E-state index is 14.3. The molecule has 0 radical (unpaired) electrons. The average molecular weight is 350 g/mol. The molecule has 3 aromatic rings. The highest BCUT2D eigenvalue weighted by Crippen LogP contribution is 2.26. The van der Waals surface area contributed by atoms with Gasteiger partial charge in [0.2, 0.25) is 0 Å². The van der Waals surface area contributed by atoms with Gasteiger partial charge in [-0.1, -0.05) is 42.0 Å². The molecule has 3 nitrogen and oxygen atoms in total. The molecule has 3 aromatic carbocycles. The van der Waals surface area contributed by atoms with E-state index in [-0.39, 0.29) is 5.82 Å². The zero-order valence-corrected chi connectivity index (χ0v) is 14.7. The molecule has 0 amide bonds. The van der Waals surface area contributed by atoms with Crippen LogP contribution in [0, 0.1) is 12.7 Å². The fraction of sp³-hybridized carbons (Fsp3) is 0.136. The summed E-state index contributed by atoms with van der Waals surface area (Å²) in [5, 5.41) is 0. The normalized spacial score (nSPS) is 10.6. The van der Waals surface area contributed by atoms with E-state index >= 15 is 0 Å². The van der Waals surface area contributed by atoms with E-state index in [0.717, 1.165) is 11.1 Å². The molecule has 0 heterocycles. The third kappa shape index (κ3) is 4.16. The summed E-state index contributed by atoms with van der Waals surface area (Å²) in [5.41, 5.74) is 3.53. The monoisotopic (exact) mass is 350 g/mol. The first-order valence-corrected chi connectivity index (χ1v) is 8.23. The largest absolute Gasteiger partial charge is 0.423 e. The van der Waals surface area contributed by atoms with Gasteiger partial charge in [0.15, 0.2) is 0 Å². The van der Waals surface area contributed by atoms with Crippen molar-refractivity contribution in [3.05, 3.63) is 89.2 Å². The maximum Gasteiger partial charge on any atom is 0.343 e. The first-order valence-electron chi connectivity index (χ1n) is 8.23. The molecule has 3 rings (SSSR count). The van der Waals surface area contributed by atoms with Crippen molar-refractivity contribution in [1.82, 2.24) is 0 Å². The van der Waals surface area contributed by atoms with Crippen LogP contribution < -0.4 is 4.74 Å². The van der Waals surface area contributed by atoms with Crippen molar-refractivity contribution in [3.63, 3.8) is 0 Å². The Morgan fingerprint density at radius 1 is 0.962 bits per heavy atom. The number of ether oxygens (including phenoxy) is 2. The van der Waals surface area contributed by atoms with Gasteiger partial charge in [0, 0.05) is 12.7 Å². The van der Waals surface area contributed by atoms with Crippen molar-refractivity contribution in [2.24, 2.45) is 0 Å². The zero-order chi connectivity index (χ0) is 18.5. The third-order valence-electron chi connectivity index (χ3n) is 4.01. The van der Waals surface area contributed by atoms with Crippen molar-refractivity contribution in [2.75, 3.05) is 7.11 Å². The van der Waals surface area contributed by atoms with Crippen LogP contribution in [0.2, 0.25) is 0 Å². The van der Waals surface area contributed by atoms with Gasteiger partial charge >= 0.3 is 5.97 Å². The van der Waals surface area contributed by atoms with Crippen LogP contribution >= 0.6 is 0 Å². The number of hydrogen-bond donors (Lipinski definition) is 0. The molecule has 0 N–H and O–H groups in total. The predicted molar refractivity (Wildman–Crippen MR) is 98.7 cm³/mol. The van der Waals surface area contributed by atoms with E-state index in [2.05, 4.69) is 0 Å². The van der Waals surface area contributed by atoms with Gasteiger partial charge in [0.25, 0.3) is 0 Å². The molecule has 0 unspecified atom stereocenters. The van der Waals surface area contributed by atoms with Crippen LogP contribution in [0.25, 0.3) is 11.1 Å². The smallest absolute Gasteiger partial charge is 0.343 e. The van der Waals surface area contributed by atoms with Crippen LogP contribution in [0.1, 0.15) is 21.5 Å². The SMILES string of the molecule is COCc1ccc(-c2ccc(OC(=O)c3ccc(C)cc3)cc2)c(F)c1. The van der Waals surface area contributed by atoms with Crippen molar-refractivity contribution in [3.8, 4) is 16.9 Å². The summed E-state index contributed by atoms with van der Waals surface area (Å²) in [6.07, 6.45) is 0. The Labute approximate surface area is 152 Å². The van der Waals surface area contributed by atoms with Crippen LogP contribution in [0.4, 0.5) is 4.39 Å². The Balaban J connectivity index is 1.74. The molecule has 0 bridgehead atoms. The molecular formula is C22H19FO3. The summed E-state index contributed by atoms with van der Waals surface area (Å²) in [7, 11) is 1.57. The molecule has 0 aromatic heterocycles. The molecule has 0 fully saturated rings. The van der Waals surface area contributed by atoms with E-state index in [4.69, 9.17) is 9.47 Å². The predicted octanol–water partition coefficient (Wildman–Crippen LogP) is 5.17. The number of esters is 1. The molecule has 0 atom stereocenters. The van der Waals surface area contributed by atoms with Crippen LogP contribution in [0.5, 0.6) is 5.75 Å². The zero-order valence-electron chi connectivity index (χ0n) is 14.7. The summed E-state index contributed by atoms with van der Waals surface area (Å²) in [6, 6.07) is 18.9. The lowest BCUT2D eigenvalue weighted by Crippen LogP contribution is -2.08. The maximum absolute atomic E-state index is 14.3. The van der Waals surface area contributed by atoms with Gasteiger partial charge in [-0.25, -0.2) is 9.18 Å². The van der Waals surface area contributed by atoms with E-state index in [1.807, 2.05) is 25.1 Å². The standard InChI is InChI=1S/C22H19FO3/c1-15-3-6-18(7-4-15)22(24)26-19-10-8-17(9-11-19)20-12-5-16(14-25-2)13-21(20)23/h3-13H,14H2,1-2H3. The van der Waals surface area contributed by atoms with Crippen molar-refractivity contribution >= 4 is 5.97 Å². The molecule has 26 heavy (non-hydrogen) atoms. The van der Waals surface area contributed by atoms with Crippen LogP contribution in [0.3, 0.4) is 0 Å². The first-order chi connectivity index (χ1) is 12.6. The van der Waals surface area contributed by atoms with Crippen LogP contribution in [0.15, 0.2) is 66.7 Å². The van der Waals surface area contributed by atoms with E-state index < -0.39 is 5.97 Å². The van der Waals surface area contributed by atoms with Gasteiger partial charge in [-0.2, -0.15) is 0 Å². The highest BCUT2D eigenvalue weighted by molar-refractivity contribution is 5.91. The van der Waals surface area contributed by atoms with E-state index in [1.165, 1.54) is 6.07 Å². The average Bonchev–Trinajstić information content (AvgIpc) is 2.63. The lowest BCUT2D eigenvalue weighted by atomic mass is 10.0. The van der Waals surface area contributed by atoms with Crippen LogP contribution in [-0.2, 0) is 11.3 Å². The Morgan fingerprint density at radius 3 is 2.27 bits per heavy atom. The van der Waals surface area contributed by atoms with Crippen molar-refractivity contribution in [1.29, 1.82) is 0 Å².